The number of carbonyl (C=O) groups excluding carboxylic acids is 2. The molecule has 1 rings (SSSR count). The van der Waals surface area contributed by atoms with Crippen LogP contribution in [-0.4, -0.2) is 47.7 Å². The van der Waals surface area contributed by atoms with Crippen LogP contribution >= 0.6 is 11.8 Å². The van der Waals surface area contributed by atoms with Crippen LogP contribution in [0.1, 0.15) is 35.4 Å². The lowest BCUT2D eigenvalue weighted by Gasteiger charge is -2.20. The van der Waals surface area contributed by atoms with Crippen molar-refractivity contribution in [2.45, 2.75) is 25.6 Å². The maximum Gasteiger partial charge on any atom is 0.185 e. The molecular weight excluding hydrogens is 308 g/mol. The highest BCUT2D eigenvalue weighted by Gasteiger charge is 2.23. The summed E-state index contributed by atoms with van der Waals surface area (Å²) in [7, 11) is 2.88. The smallest absolute Gasteiger partial charge is 0.185 e. The summed E-state index contributed by atoms with van der Waals surface area (Å²) in [6.45, 7) is 1.44. The summed E-state index contributed by atoms with van der Waals surface area (Å²) >= 11 is 1.07. The first-order chi connectivity index (χ1) is 10.4. The molecule has 2 atom stereocenters. The van der Waals surface area contributed by atoms with Crippen LogP contribution in [0, 0.1) is 0 Å². The minimum atomic E-state index is -1.26. The topological polar surface area (TPSA) is 93.1 Å². The van der Waals surface area contributed by atoms with E-state index in [-0.39, 0.29) is 22.7 Å². The van der Waals surface area contributed by atoms with Crippen LogP contribution in [0.3, 0.4) is 0 Å². The second-order valence-corrected chi connectivity index (χ2v) is 5.87. The van der Waals surface area contributed by atoms with Crippen molar-refractivity contribution in [3.63, 3.8) is 0 Å². The van der Waals surface area contributed by atoms with Gasteiger partial charge in [0.2, 0.25) is 0 Å². The lowest BCUT2D eigenvalue weighted by Crippen LogP contribution is -2.20. The first-order valence-electron chi connectivity index (χ1n) is 6.65. The zero-order valence-electron chi connectivity index (χ0n) is 12.7. The number of carbonyl (C=O) groups is 2. The van der Waals surface area contributed by atoms with E-state index < -0.39 is 12.2 Å². The molecule has 0 amide bonds. The van der Waals surface area contributed by atoms with Crippen LogP contribution < -0.4 is 9.47 Å². The Morgan fingerprint density at radius 1 is 1.27 bits per heavy atom. The highest BCUT2D eigenvalue weighted by Crippen LogP contribution is 2.34. The Morgan fingerprint density at radius 2 is 1.86 bits per heavy atom. The minimum absolute atomic E-state index is 0.0543. The number of ether oxygens (including phenoxy) is 2. The van der Waals surface area contributed by atoms with E-state index >= 15 is 0 Å². The third-order valence-electron chi connectivity index (χ3n) is 3.12. The summed E-state index contributed by atoms with van der Waals surface area (Å²) in [5.41, 5.74) is 0.469. The fourth-order valence-electron chi connectivity index (χ4n) is 1.96. The van der Waals surface area contributed by atoms with Crippen LogP contribution in [0.4, 0.5) is 0 Å². The van der Waals surface area contributed by atoms with Gasteiger partial charge in [0.1, 0.15) is 6.10 Å². The average molecular weight is 328 g/mol. The Hall–Kier alpha value is -1.57. The lowest BCUT2D eigenvalue weighted by molar-refractivity contribution is -0.109. The van der Waals surface area contributed by atoms with Crippen molar-refractivity contribution >= 4 is 23.2 Å². The van der Waals surface area contributed by atoms with Crippen molar-refractivity contribution in [1.29, 1.82) is 0 Å². The van der Waals surface area contributed by atoms with Gasteiger partial charge in [-0.3, -0.25) is 9.59 Å². The number of aldehydes is 1. The summed E-state index contributed by atoms with van der Waals surface area (Å²) in [5, 5.41) is 20.2. The van der Waals surface area contributed by atoms with E-state index in [1.807, 2.05) is 0 Å². The molecule has 0 bridgehead atoms. The maximum atomic E-state index is 11.2. The normalized spacial score (nSPS) is 13.3. The maximum absolute atomic E-state index is 11.2. The number of hydrogen-bond donors (Lipinski definition) is 2. The van der Waals surface area contributed by atoms with Crippen LogP contribution in [0.2, 0.25) is 0 Å². The Morgan fingerprint density at radius 3 is 2.36 bits per heavy atom. The molecule has 1 aromatic rings. The van der Waals surface area contributed by atoms with E-state index in [0.29, 0.717) is 23.5 Å². The summed E-state index contributed by atoms with van der Waals surface area (Å²) in [4.78, 5) is 22.0. The zero-order valence-corrected chi connectivity index (χ0v) is 13.6. The average Bonchev–Trinajstić information content (AvgIpc) is 2.52. The Labute approximate surface area is 133 Å². The van der Waals surface area contributed by atoms with Gasteiger partial charge in [-0.15, -0.1) is 0 Å². The third kappa shape index (κ3) is 4.72. The molecule has 2 unspecified atom stereocenters. The molecule has 0 aromatic heterocycles. The lowest BCUT2D eigenvalue weighted by atomic mass is 9.97. The van der Waals surface area contributed by atoms with E-state index in [4.69, 9.17) is 9.47 Å². The zero-order chi connectivity index (χ0) is 16.7. The van der Waals surface area contributed by atoms with Crippen LogP contribution in [0.15, 0.2) is 12.1 Å². The molecule has 122 valence electrons. The molecule has 0 fully saturated rings. The molecule has 0 heterocycles. The van der Waals surface area contributed by atoms with Gasteiger partial charge in [0, 0.05) is 18.2 Å². The minimum Gasteiger partial charge on any atom is -0.493 e. The number of hydrogen-bond acceptors (Lipinski definition) is 7. The third-order valence-corrected chi connectivity index (χ3v) is 3.96. The van der Waals surface area contributed by atoms with Gasteiger partial charge in [0.15, 0.2) is 22.9 Å². The Balaban J connectivity index is 2.97. The van der Waals surface area contributed by atoms with Gasteiger partial charge in [0.25, 0.3) is 0 Å². The molecule has 0 saturated heterocycles. The highest BCUT2D eigenvalue weighted by molar-refractivity contribution is 8.13. The second-order valence-electron chi connectivity index (χ2n) is 4.59. The van der Waals surface area contributed by atoms with Crippen molar-refractivity contribution < 1.29 is 29.3 Å². The van der Waals surface area contributed by atoms with E-state index in [1.54, 1.807) is 0 Å². The molecule has 22 heavy (non-hydrogen) atoms. The first kappa shape index (κ1) is 18.5. The number of rotatable bonds is 8. The Bertz CT molecular complexity index is 531. The predicted molar refractivity (Wildman–Crippen MR) is 83.7 cm³/mol. The number of benzene rings is 1. The summed E-state index contributed by atoms with van der Waals surface area (Å²) in [6, 6.07) is 2.91. The van der Waals surface area contributed by atoms with Gasteiger partial charge in [0.05, 0.1) is 20.3 Å². The van der Waals surface area contributed by atoms with Gasteiger partial charge in [-0.05, 0) is 24.1 Å². The molecule has 0 aliphatic rings. The Kier molecular flexibility index (Phi) is 7.37. The number of methoxy groups -OCH3 is 2. The summed E-state index contributed by atoms with van der Waals surface area (Å²) < 4.78 is 10.2. The summed E-state index contributed by atoms with van der Waals surface area (Å²) in [5.74, 6) is 1.10. The molecular formula is C15H20O6S. The van der Waals surface area contributed by atoms with Gasteiger partial charge < -0.3 is 19.7 Å². The molecule has 0 radical (unpaired) electrons. The van der Waals surface area contributed by atoms with E-state index in [9.17, 15) is 19.8 Å². The van der Waals surface area contributed by atoms with E-state index in [2.05, 4.69) is 0 Å². The van der Waals surface area contributed by atoms with Crippen molar-refractivity contribution in [1.82, 2.24) is 0 Å². The SMILES string of the molecule is COc1cc(C=O)c(C(O)C(O)CCSC(C)=O)cc1OC. The van der Waals surface area contributed by atoms with Gasteiger partial charge in [-0.2, -0.15) is 0 Å². The van der Waals surface area contributed by atoms with Gasteiger partial charge >= 0.3 is 0 Å². The number of aliphatic hydroxyl groups excluding tert-OH is 2. The largest absolute Gasteiger partial charge is 0.493 e. The molecule has 7 heteroatoms. The van der Waals surface area contributed by atoms with Crippen LogP contribution in [0.25, 0.3) is 0 Å². The van der Waals surface area contributed by atoms with E-state index in [0.717, 1.165) is 11.8 Å². The van der Waals surface area contributed by atoms with E-state index in [1.165, 1.54) is 33.3 Å². The molecule has 0 aliphatic carbocycles. The molecule has 0 spiro atoms. The molecule has 6 nitrogen and oxygen atoms in total. The van der Waals surface area contributed by atoms with Gasteiger partial charge in [-0.25, -0.2) is 0 Å². The molecule has 0 aliphatic heterocycles. The predicted octanol–water partition coefficient (Wildman–Crippen LogP) is 1.58. The van der Waals surface area contributed by atoms with Gasteiger partial charge in [-0.1, -0.05) is 11.8 Å². The van der Waals surface area contributed by atoms with Crippen molar-refractivity contribution in [2.75, 3.05) is 20.0 Å². The quantitative estimate of drug-likeness (QED) is 0.700. The fraction of sp³-hybridized carbons (Fsp3) is 0.467. The molecule has 2 N–H and O–H groups in total. The van der Waals surface area contributed by atoms with Crippen molar-refractivity contribution in [2.24, 2.45) is 0 Å². The fourth-order valence-corrected chi connectivity index (χ4v) is 2.60. The second kappa shape index (κ2) is 8.77. The van der Waals surface area contributed by atoms with Crippen LogP contribution in [-0.2, 0) is 4.79 Å². The first-order valence-corrected chi connectivity index (χ1v) is 7.63. The van der Waals surface area contributed by atoms with Crippen LogP contribution in [0.5, 0.6) is 11.5 Å². The van der Waals surface area contributed by atoms with Crippen molar-refractivity contribution in [3.05, 3.63) is 23.3 Å². The van der Waals surface area contributed by atoms with Crippen molar-refractivity contribution in [3.8, 4) is 11.5 Å². The molecule has 1 aromatic carbocycles. The number of thioether (sulfide) groups is 1. The monoisotopic (exact) mass is 328 g/mol. The highest BCUT2D eigenvalue weighted by atomic mass is 32.2. The summed E-state index contributed by atoms with van der Waals surface area (Å²) in [6.07, 6.45) is -1.55. The number of aliphatic hydroxyl groups is 2. The standard InChI is InChI=1S/C15H20O6S/c1-9(17)22-5-4-12(18)15(19)11-7-14(21-3)13(20-2)6-10(11)8-16/h6-8,12,15,18-19H,4-5H2,1-3H3. The molecule has 0 saturated carbocycles.